The second-order valence-corrected chi connectivity index (χ2v) is 3.77. The highest BCUT2D eigenvalue weighted by molar-refractivity contribution is 5.22. The molecule has 0 aliphatic rings. The Bertz CT molecular complexity index is 218. The first kappa shape index (κ1) is 13.2. The molecule has 0 nitrogen and oxygen atoms in total. The summed E-state index contributed by atoms with van der Waals surface area (Å²) in [5.74, 6) is 0.762. The molecule has 0 amide bonds. The number of hydrogen-bond acceptors (Lipinski definition) is 0. The molecule has 0 bridgehead atoms. The van der Waals surface area contributed by atoms with E-state index in [1.807, 2.05) is 13.8 Å². The van der Waals surface area contributed by atoms with Crippen molar-refractivity contribution in [3.63, 3.8) is 0 Å². The molecular formula is C14H24. The number of hydrogen-bond donors (Lipinski definition) is 0. The van der Waals surface area contributed by atoms with Gasteiger partial charge in [-0.2, -0.15) is 0 Å². The highest BCUT2D eigenvalue weighted by Crippen LogP contribution is 2.09. The summed E-state index contributed by atoms with van der Waals surface area (Å²) in [7, 11) is 0. The van der Waals surface area contributed by atoms with Crippen LogP contribution in [0.1, 0.15) is 45.7 Å². The normalized spacial score (nSPS) is 9.57. The fraction of sp³-hybridized carbons (Fsp3) is 0.571. The molecule has 80 valence electrons. The SMILES string of the molecule is CC.CCc1ccc(CC(C)C)cc1. The molecule has 0 saturated heterocycles. The number of rotatable bonds is 3. The molecule has 0 heteroatoms. The van der Waals surface area contributed by atoms with Crippen molar-refractivity contribution in [1.29, 1.82) is 0 Å². The molecule has 14 heavy (non-hydrogen) atoms. The average Bonchev–Trinajstić information content (AvgIpc) is 2.21. The maximum Gasteiger partial charge on any atom is -0.0256 e. The van der Waals surface area contributed by atoms with E-state index in [2.05, 4.69) is 45.0 Å². The van der Waals surface area contributed by atoms with Gasteiger partial charge in [0.2, 0.25) is 0 Å². The topological polar surface area (TPSA) is 0 Å². The van der Waals surface area contributed by atoms with Crippen molar-refractivity contribution in [1.82, 2.24) is 0 Å². The van der Waals surface area contributed by atoms with Crippen molar-refractivity contribution in [3.8, 4) is 0 Å². The lowest BCUT2D eigenvalue weighted by Crippen LogP contribution is -1.93. The molecule has 0 aliphatic carbocycles. The summed E-state index contributed by atoms with van der Waals surface area (Å²) >= 11 is 0. The summed E-state index contributed by atoms with van der Waals surface area (Å²) in [6, 6.07) is 8.97. The summed E-state index contributed by atoms with van der Waals surface area (Å²) in [5.41, 5.74) is 2.89. The van der Waals surface area contributed by atoms with Crippen LogP contribution in [0.5, 0.6) is 0 Å². The predicted molar refractivity (Wildman–Crippen MR) is 65.7 cm³/mol. The molecule has 1 rings (SSSR count). The number of benzene rings is 1. The molecule has 0 N–H and O–H groups in total. The molecule has 1 aromatic carbocycles. The van der Waals surface area contributed by atoms with E-state index in [0.29, 0.717) is 0 Å². The van der Waals surface area contributed by atoms with Crippen LogP contribution < -0.4 is 0 Å². The smallest absolute Gasteiger partial charge is 0.0256 e. The van der Waals surface area contributed by atoms with Gasteiger partial charge in [-0.15, -0.1) is 0 Å². The molecule has 0 heterocycles. The van der Waals surface area contributed by atoms with Crippen LogP contribution in [0.25, 0.3) is 0 Å². The molecule has 0 fully saturated rings. The molecule has 0 unspecified atom stereocenters. The highest BCUT2D eigenvalue weighted by Gasteiger charge is 1.96. The van der Waals surface area contributed by atoms with E-state index in [-0.39, 0.29) is 0 Å². The summed E-state index contributed by atoms with van der Waals surface area (Å²) < 4.78 is 0. The molecule has 0 aromatic heterocycles. The maximum atomic E-state index is 2.26. The van der Waals surface area contributed by atoms with E-state index in [4.69, 9.17) is 0 Å². The molecule has 1 aromatic rings. The van der Waals surface area contributed by atoms with Crippen molar-refractivity contribution in [2.24, 2.45) is 5.92 Å². The standard InChI is InChI=1S/C12H18.C2H6/c1-4-11-5-7-12(8-6-11)9-10(2)3;1-2/h5-8,10H,4,9H2,1-3H3;1-2H3. The van der Waals surface area contributed by atoms with Gasteiger partial charge in [-0.3, -0.25) is 0 Å². The Kier molecular flexibility index (Phi) is 7.18. The Balaban J connectivity index is 0.000000791. The Morgan fingerprint density at radius 3 is 1.71 bits per heavy atom. The van der Waals surface area contributed by atoms with Crippen LogP contribution in [0.3, 0.4) is 0 Å². The summed E-state index contributed by atoms with van der Waals surface area (Å²) in [6.45, 7) is 10.7. The van der Waals surface area contributed by atoms with Crippen LogP contribution in [0.15, 0.2) is 24.3 Å². The number of aryl methyl sites for hydroxylation is 1. The Hall–Kier alpha value is -0.780. The van der Waals surface area contributed by atoms with Crippen molar-refractivity contribution < 1.29 is 0 Å². The molecule has 0 atom stereocenters. The third-order valence-corrected chi connectivity index (χ3v) is 2.08. The minimum atomic E-state index is 0.762. The highest BCUT2D eigenvalue weighted by atomic mass is 14.0. The van der Waals surface area contributed by atoms with Gasteiger partial charge < -0.3 is 0 Å². The molecule has 0 radical (unpaired) electrons. The largest absolute Gasteiger partial charge is 0.0683 e. The van der Waals surface area contributed by atoms with Gasteiger partial charge >= 0.3 is 0 Å². The minimum absolute atomic E-state index is 0.762. The zero-order chi connectivity index (χ0) is 11.0. The molecule has 0 saturated carbocycles. The van der Waals surface area contributed by atoms with Crippen molar-refractivity contribution in [2.75, 3.05) is 0 Å². The van der Waals surface area contributed by atoms with E-state index in [0.717, 1.165) is 12.3 Å². The second kappa shape index (κ2) is 7.61. The van der Waals surface area contributed by atoms with Crippen molar-refractivity contribution in [3.05, 3.63) is 35.4 Å². The zero-order valence-electron chi connectivity index (χ0n) is 10.3. The van der Waals surface area contributed by atoms with Gasteiger partial charge in [-0.1, -0.05) is 58.9 Å². The Labute approximate surface area is 89.4 Å². The minimum Gasteiger partial charge on any atom is -0.0683 e. The van der Waals surface area contributed by atoms with Gasteiger partial charge in [0.25, 0.3) is 0 Å². The first-order valence-corrected chi connectivity index (χ1v) is 5.80. The Morgan fingerprint density at radius 1 is 0.929 bits per heavy atom. The van der Waals surface area contributed by atoms with Crippen LogP contribution in [0, 0.1) is 5.92 Å². The second-order valence-electron chi connectivity index (χ2n) is 3.77. The monoisotopic (exact) mass is 192 g/mol. The molecule has 0 aliphatic heterocycles. The lowest BCUT2D eigenvalue weighted by Gasteiger charge is -2.05. The first-order valence-electron chi connectivity index (χ1n) is 5.80. The van der Waals surface area contributed by atoms with E-state index < -0.39 is 0 Å². The molecule has 0 spiro atoms. The van der Waals surface area contributed by atoms with Gasteiger partial charge in [0.15, 0.2) is 0 Å². The van der Waals surface area contributed by atoms with Gasteiger partial charge in [0.05, 0.1) is 0 Å². The van der Waals surface area contributed by atoms with Crippen LogP contribution in [-0.4, -0.2) is 0 Å². The van der Waals surface area contributed by atoms with E-state index in [1.54, 1.807) is 0 Å². The van der Waals surface area contributed by atoms with Crippen molar-refractivity contribution >= 4 is 0 Å². The van der Waals surface area contributed by atoms with Gasteiger partial charge in [0.1, 0.15) is 0 Å². The van der Waals surface area contributed by atoms with Gasteiger partial charge in [-0.25, -0.2) is 0 Å². The van der Waals surface area contributed by atoms with Crippen LogP contribution in [-0.2, 0) is 12.8 Å². The predicted octanol–water partition coefficient (Wildman–Crippen LogP) is 4.47. The van der Waals surface area contributed by atoms with E-state index in [1.165, 1.54) is 17.5 Å². The van der Waals surface area contributed by atoms with Crippen LogP contribution >= 0.6 is 0 Å². The summed E-state index contributed by atoms with van der Waals surface area (Å²) in [6.07, 6.45) is 2.34. The fourth-order valence-corrected chi connectivity index (χ4v) is 1.38. The third kappa shape index (κ3) is 5.06. The third-order valence-electron chi connectivity index (χ3n) is 2.08. The zero-order valence-corrected chi connectivity index (χ0v) is 10.3. The molecular weight excluding hydrogens is 168 g/mol. The van der Waals surface area contributed by atoms with Crippen LogP contribution in [0.4, 0.5) is 0 Å². The van der Waals surface area contributed by atoms with E-state index in [9.17, 15) is 0 Å². The summed E-state index contributed by atoms with van der Waals surface area (Å²) in [5, 5.41) is 0. The van der Waals surface area contributed by atoms with Gasteiger partial charge in [0, 0.05) is 0 Å². The Morgan fingerprint density at radius 2 is 1.36 bits per heavy atom. The quantitative estimate of drug-likeness (QED) is 0.662. The van der Waals surface area contributed by atoms with Gasteiger partial charge in [-0.05, 0) is 29.9 Å². The lowest BCUT2D eigenvalue weighted by molar-refractivity contribution is 0.647. The van der Waals surface area contributed by atoms with E-state index >= 15 is 0 Å². The summed E-state index contributed by atoms with van der Waals surface area (Å²) in [4.78, 5) is 0. The fourth-order valence-electron chi connectivity index (χ4n) is 1.38. The van der Waals surface area contributed by atoms with Crippen LogP contribution in [0.2, 0.25) is 0 Å². The van der Waals surface area contributed by atoms with Crippen molar-refractivity contribution in [2.45, 2.75) is 47.5 Å². The lowest BCUT2D eigenvalue weighted by atomic mass is 10.0. The first-order chi connectivity index (χ1) is 6.72. The average molecular weight is 192 g/mol. The maximum absolute atomic E-state index is 2.26.